The number of rotatable bonds is 4. The molecule has 1 aromatic rings. The van der Waals surface area contributed by atoms with Crippen LogP contribution in [0.4, 0.5) is 4.39 Å². The predicted molar refractivity (Wildman–Crippen MR) is 60.4 cm³/mol. The van der Waals surface area contributed by atoms with Gasteiger partial charge in [-0.25, -0.2) is 12.8 Å². The molecule has 0 heterocycles. The minimum absolute atomic E-state index is 0.239. The van der Waals surface area contributed by atoms with E-state index in [0.717, 1.165) is 18.2 Å². The van der Waals surface area contributed by atoms with Gasteiger partial charge in [-0.2, -0.15) is 4.72 Å². The third kappa shape index (κ3) is 3.39. The smallest absolute Gasteiger partial charge is 0.241 e. The van der Waals surface area contributed by atoms with E-state index >= 15 is 0 Å². The van der Waals surface area contributed by atoms with Crippen LogP contribution >= 0.6 is 11.6 Å². The Balaban J connectivity index is 3.05. The fourth-order valence-electron chi connectivity index (χ4n) is 1.00. The van der Waals surface area contributed by atoms with Crippen LogP contribution in [0, 0.1) is 5.82 Å². The molecule has 0 bridgehead atoms. The summed E-state index contributed by atoms with van der Waals surface area (Å²) in [5.74, 6) is -1.55. The van der Waals surface area contributed by atoms with Gasteiger partial charge in [-0.3, -0.25) is 4.79 Å². The van der Waals surface area contributed by atoms with Crippen LogP contribution in [0.5, 0.6) is 0 Å². The molecule has 0 aliphatic rings. The predicted octanol–water partition coefficient (Wildman–Crippen LogP) is 0.631. The van der Waals surface area contributed by atoms with Crippen molar-refractivity contribution in [1.29, 1.82) is 0 Å². The Morgan fingerprint density at radius 3 is 2.59 bits per heavy atom. The molecular weight excluding hydrogens is 271 g/mol. The number of hydrogen-bond donors (Lipinski definition) is 2. The van der Waals surface area contributed by atoms with E-state index in [1.165, 1.54) is 6.92 Å². The summed E-state index contributed by atoms with van der Waals surface area (Å²) >= 11 is 5.46. The van der Waals surface area contributed by atoms with Crippen molar-refractivity contribution in [2.24, 2.45) is 5.73 Å². The fourth-order valence-corrected chi connectivity index (χ4v) is 2.49. The number of carbonyl (C=O) groups is 1. The topological polar surface area (TPSA) is 89.3 Å². The summed E-state index contributed by atoms with van der Waals surface area (Å²) in [6.07, 6.45) is 0. The lowest BCUT2D eigenvalue weighted by Crippen LogP contribution is -2.42. The van der Waals surface area contributed by atoms with E-state index in [2.05, 4.69) is 0 Å². The third-order valence-electron chi connectivity index (χ3n) is 1.96. The molecule has 8 heteroatoms. The molecule has 0 saturated carbocycles. The molecule has 0 saturated heterocycles. The van der Waals surface area contributed by atoms with Gasteiger partial charge in [-0.1, -0.05) is 11.6 Å². The van der Waals surface area contributed by atoms with E-state index < -0.39 is 27.8 Å². The number of halogens is 2. The molecule has 1 unspecified atom stereocenters. The standard InChI is InChI=1S/C9H10ClFN2O3S/c1-5(9(12)14)13-17(15,16)6-2-3-8(11)7(10)4-6/h2-5,13H,1H3,(H2,12,14). The monoisotopic (exact) mass is 280 g/mol. The zero-order valence-corrected chi connectivity index (χ0v) is 10.3. The molecule has 0 spiro atoms. The van der Waals surface area contributed by atoms with Crippen LogP contribution < -0.4 is 10.5 Å². The highest BCUT2D eigenvalue weighted by Gasteiger charge is 2.21. The summed E-state index contributed by atoms with van der Waals surface area (Å²) in [5, 5.41) is -0.320. The van der Waals surface area contributed by atoms with Crippen LogP contribution in [0.1, 0.15) is 6.92 Å². The number of benzene rings is 1. The first-order chi connectivity index (χ1) is 7.74. The quantitative estimate of drug-likeness (QED) is 0.848. The largest absolute Gasteiger partial charge is 0.368 e. The number of sulfonamides is 1. The number of amides is 1. The molecule has 0 aromatic heterocycles. The Morgan fingerprint density at radius 1 is 1.53 bits per heavy atom. The van der Waals surface area contributed by atoms with E-state index in [4.69, 9.17) is 17.3 Å². The lowest BCUT2D eigenvalue weighted by atomic mass is 10.3. The number of nitrogens with one attached hydrogen (secondary N) is 1. The van der Waals surface area contributed by atoms with E-state index in [1.54, 1.807) is 0 Å². The van der Waals surface area contributed by atoms with Crippen LogP contribution in [-0.2, 0) is 14.8 Å². The minimum atomic E-state index is -3.95. The maximum atomic E-state index is 12.9. The van der Waals surface area contributed by atoms with Crippen LogP contribution in [0.3, 0.4) is 0 Å². The summed E-state index contributed by atoms with van der Waals surface area (Å²) in [6.45, 7) is 1.30. The van der Waals surface area contributed by atoms with Crippen molar-refractivity contribution in [3.05, 3.63) is 29.0 Å². The van der Waals surface area contributed by atoms with Gasteiger partial charge in [0, 0.05) is 0 Å². The molecule has 1 aromatic carbocycles. The maximum absolute atomic E-state index is 12.9. The van der Waals surface area contributed by atoms with E-state index in [9.17, 15) is 17.6 Å². The van der Waals surface area contributed by atoms with Crippen molar-refractivity contribution < 1.29 is 17.6 Å². The van der Waals surface area contributed by atoms with Crippen molar-refractivity contribution in [3.8, 4) is 0 Å². The highest BCUT2D eigenvalue weighted by Crippen LogP contribution is 2.19. The average Bonchev–Trinajstić information content (AvgIpc) is 2.21. The zero-order chi connectivity index (χ0) is 13.2. The lowest BCUT2D eigenvalue weighted by Gasteiger charge is -2.11. The molecule has 0 aliphatic carbocycles. The summed E-state index contributed by atoms with van der Waals surface area (Å²) in [4.78, 5) is 10.5. The molecule has 17 heavy (non-hydrogen) atoms. The van der Waals surface area contributed by atoms with Crippen molar-refractivity contribution in [1.82, 2.24) is 4.72 Å². The fraction of sp³-hybridized carbons (Fsp3) is 0.222. The van der Waals surface area contributed by atoms with Gasteiger partial charge in [0.2, 0.25) is 15.9 Å². The van der Waals surface area contributed by atoms with Crippen LogP contribution in [0.25, 0.3) is 0 Å². The molecular formula is C9H10ClFN2O3S. The van der Waals surface area contributed by atoms with Crippen molar-refractivity contribution in [2.75, 3.05) is 0 Å². The zero-order valence-electron chi connectivity index (χ0n) is 8.78. The van der Waals surface area contributed by atoms with Gasteiger partial charge < -0.3 is 5.73 Å². The summed E-state index contributed by atoms with van der Waals surface area (Å²) in [7, 11) is -3.95. The first-order valence-corrected chi connectivity index (χ1v) is 6.37. The van der Waals surface area contributed by atoms with E-state index in [-0.39, 0.29) is 9.92 Å². The highest BCUT2D eigenvalue weighted by molar-refractivity contribution is 7.89. The second-order valence-electron chi connectivity index (χ2n) is 3.32. The highest BCUT2D eigenvalue weighted by atomic mass is 35.5. The summed E-state index contributed by atoms with van der Waals surface area (Å²) in [6, 6.07) is 1.85. The molecule has 1 rings (SSSR count). The second-order valence-corrected chi connectivity index (χ2v) is 5.44. The van der Waals surface area contributed by atoms with E-state index in [1.807, 2.05) is 4.72 Å². The van der Waals surface area contributed by atoms with Crippen LogP contribution in [-0.4, -0.2) is 20.4 Å². The molecule has 0 fully saturated rings. The molecule has 0 aliphatic heterocycles. The molecule has 1 atom stereocenters. The molecule has 0 radical (unpaired) electrons. The Hall–Kier alpha value is -1.18. The number of carbonyl (C=O) groups excluding carboxylic acids is 1. The Morgan fingerprint density at radius 2 is 2.12 bits per heavy atom. The van der Waals surface area contributed by atoms with Crippen LogP contribution in [0.2, 0.25) is 5.02 Å². The van der Waals surface area contributed by atoms with Gasteiger partial charge in [-0.15, -0.1) is 0 Å². The van der Waals surface area contributed by atoms with Crippen molar-refractivity contribution >= 4 is 27.5 Å². The van der Waals surface area contributed by atoms with Gasteiger partial charge >= 0.3 is 0 Å². The Bertz CT molecular complexity index is 547. The molecule has 3 N–H and O–H groups in total. The lowest BCUT2D eigenvalue weighted by molar-refractivity contribution is -0.119. The van der Waals surface area contributed by atoms with Gasteiger partial charge in [-0.05, 0) is 25.1 Å². The first-order valence-electron chi connectivity index (χ1n) is 4.51. The van der Waals surface area contributed by atoms with Crippen LogP contribution in [0.15, 0.2) is 23.1 Å². The van der Waals surface area contributed by atoms with Crippen molar-refractivity contribution in [2.45, 2.75) is 17.9 Å². The average molecular weight is 281 g/mol. The normalized spacial score (nSPS) is 13.4. The van der Waals surface area contributed by atoms with E-state index in [0.29, 0.717) is 0 Å². The molecule has 94 valence electrons. The summed E-state index contributed by atoms with van der Waals surface area (Å²) < 4.78 is 38.3. The second kappa shape index (κ2) is 4.99. The van der Waals surface area contributed by atoms with Gasteiger partial charge in [0.25, 0.3) is 0 Å². The number of nitrogens with two attached hydrogens (primary N) is 1. The van der Waals surface area contributed by atoms with Gasteiger partial charge in [0.1, 0.15) is 5.82 Å². The van der Waals surface area contributed by atoms with Crippen molar-refractivity contribution in [3.63, 3.8) is 0 Å². The molecule has 5 nitrogen and oxygen atoms in total. The number of primary amides is 1. The SMILES string of the molecule is CC(NS(=O)(=O)c1ccc(F)c(Cl)c1)C(N)=O. The Labute approximate surface area is 103 Å². The van der Waals surface area contributed by atoms with Gasteiger partial charge in [0.15, 0.2) is 0 Å². The molecule has 1 amide bonds. The third-order valence-corrected chi connectivity index (χ3v) is 3.79. The Kier molecular flexibility index (Phi) is 4.07. The minimum Gasteiger partial charge on any atom is -0.368 e. The number of hydrogen-bond acceptors (Lipinski definition) is 3. The maximum Gasteiger partial charge on any atom is 0.241 e. The first kappa shape index (κ1) is 13.9. The summed E-state index contributed by atoms with van der Waals surface area (Å²) in [5.41, 5.74) is 4.92. The van der Waals surface area contributed by atoms with Gasteiger partial charge in [0.05, 0.1) is 16.0 Å².